The normalized spacial score (nSPS) is 12.0. The molecule has 0 aliphatic carbocycles. The van der Waals surface area contributed by atoms with E-state index in [1.807, 2.05) is 0 Å². The second-order valence-corrected chi connectivity index (χ2v) is 6.97. The zero-order valence-corrected chi connectivity index (χ0v) is 17.7. The molecule has 9 heteroatoms. The number of ether oxygens (including phenoxy) is 1. The van der Waals surface area contributed by atoms with Crippen LogP contribution in [0, 0.1) is 5.82 Å². The number of hydrogen-bond donors (Lipinski definition) is 1. The molecule has 2 heterocycles. The van der Waals surface area contributed by atoms with Gasteiger partial charge in [0.25, 0.3) is 0 Å². The van der Waals surface area contributed by atoms with E-state index in [2.05, 4.69) is 10.3 Å². The molecule has 1 aliphatic rings. The first-order chi connectivity index (χ1) is 13.0. The van der Waals surface area contributed by atoms with Crippen LogP contribution in [0.15, 0.2) is 41.2 Å². The molecule has 1 N–H and O–H groups in total. The number of carbonyl (C=O) groups excluding carboxylic acids is 2. The molecule has 1 amide bonds. The summed E-state index contributed by atoms with van der Waals surface area (Å²) in [6.07, 6.45) is -0.514. The van der Waals surface area contributed by atoms with Crippen LogP contribution in [-0.2, 0) is 11.3 Å². The number of aromatic nitrogens is 2. The molecular formula is C18H11FN3O4Pb. The molecule has 0 saturated carbocycles. The van der Waals surface area contributed by atoms with E-state index in [0.29, 0.717) is 26.3 Å². The van der Waals surface area contributed by atoms with E-state index in [0.717, 1.165) is 31.8 Å². The third kappa shape index (κ3) is 3.03. The van der Waals surface area contributed by atoms with E-state index in [4.69, 9.17) is 4.74 Å². The Morgan fingerprint density at radius 3 is 2.81 bits per heavy atom. The van der Waals surface area contributed by atoms with Gasteiger partial charge in [0, 0.05) is 0 Å². The Morgan fingerprint density at radius 1 is 1.22 bits per heavy atom. The topological polar surface area (TPSA) is 90.3 Å². The molecule has 1 aromatic heterocycles. The van der Waals surface area contributed by atoms with Crippen LogP contribution in [0.4, 0.5) is 9.18 Å². The van der Waals surface area contributed by atoms with Gasteiger partial charge >= 0.3 is 140 Å². The van der Waals surface area contributed by atoms with Crippen LogP contribution in [0.3, 0.4) is 0 Å². The fourth-order valence-corrected chi connectivity index (χ4v) is 3.52. The van der Waals surface area contributed by atoms with Gasteiger partial charge in [0.1, 0.15) is 5.82 Å². The molecule has 0 fully saturated rings. The van der Waals surface area contributed by atoms with Crippen molar-refractivity contribution in [2.75, 3.05) is 4.17 Å². The van der Waals surface area contributed by atoms with E-state index in [1.165, 1.54) is 16.7 Å². The Kier molecular flexibility index (Phi) is 4.50. The number of rotatable bonds is 3. The van der Waals surface area contributed by atoms with Crippen molar-refractivity contribution in [2.24, 2.45) is 0 Å². The molecule has 27 heavy (non-hydrogen) atoms. The number of benzene rings is 2. The summed E-state index contributed by atoms with van der Waals surface area (Å²) in [5.74, 6) is -1.10. The van der Waals surface area contributed by atoms with Gasteiger partial charge in [-0.2, -0.15) is 0 Å². The summed E-state index contributed by atoms with van der Waals surface area (Å²) in [6, 6.07) is 8.63. The summed E-state index contributed by atoms with van der Waals surface area (Å²) in [5.41, 5.74) is 1.08. The van der Waals surface area contributed by atoms with Crippen molar-refractivity contribution in [2.45, 2.75) is 6.54 Å². The molecule has 1 aliphatic heterocycles. The summed E-state index contributed by atoms with van der Waals surface area (Å²) in [5, 5.41) is 2.93. The van der Waals surface area contributed by atoms with Gasteiger partial charge in [-0.05, 0) is 18.2 Å². The zero-order valence-electron chi connectivity index (χ0n) is 13.8. The van der Waals surface area contributed by atoms with Gasteiger partial charge in [0.05, 0.1) is 0 Å². The average Bonchev–Trinajstić information content (AvgIpc) is 2.92. The van der Waals surface area contributed by atoms with Gasteiger partial charge in [-0.25, -0.2) is 4.39 Å². The number of alkyl carbamates (subject to hydrolysis) is 1. The standard InChI is InChI=1S/C18H11FN3O4.Pb/c1-26-18(25)20-8-9-2-4-11-13(6-9)21-16-15(23)12-7-10(19)3-5-14(12)22(16)17(11)24;/h2-7H,1,8H2,(H,20,25);. The van der Waals surface area contributed by atoms with Crippen molar-refractivity contribution in [1.82, 2.24) is 14.9 Å². The molecule has 0 atom stereocenters. The molecule has 133 valence electrons. The van der Waals surface area contributed by atoms with Crippen LogP contribution in [0.25, 0.3) is 16.6 Å². The molecule has 0 bridgehead atoms. The van der Waals surface area contributed by atoms with Crippen LogP contribution >= 0.6 is 0 Å². The number of halogens is 1. The minimum atomic E-state index is -0.553. The maximum absolute atomic E-state index is 13.5. The van der Waals surface area contributed by atoms with Crippen molar-refractivity contribution in [1.29, 1.82) is 0 Å². The number of ketones is 1. The quantitative estimate of drug-likeness (QED) is 0.384. The third-order valence-electron chi connectivity index (χ3n) is 4.22. The number of carbonyl (C=O) groups is 2. The fraction of sp³-hybridized carbons (Fsp3) is 0.111. The molecule has 0 spiro atoms. The molecule has 0 saturated heterocycles. The predicted molar refractivity (Wildman–Crippen MR) is 94.7 cm³/mol. The van der Waals surface area contributed by atoms with Crippen molar-refractivity contribution < 1.29 is 18.7 Å². The van der Waals surface area contributed by atoms with Crippen molar-refractivity contribution in [3.05, 3.63) is 69.5 Å². The number of nitrogens with zero attached hydrogens (tertiary/aromatic N) is 2. The summed E-state index contributed by atoms with van der Waals surface area (Å²) < 4.78 is 20.0. The average molecular weight is 560 g/mol. The fourth-order valence-electron chi connectivity index (χ4n) is 3.01. The monoisotopic (exact) mass is 560 g/mol. The van der Waals surface area contributed by atoms with Crippen molar-refractivity contribution in [3.63, 3.8) is 0 Å². The predicted octanol–water partition coefficient (Wildman–Crippen LogP) is 1.42. The minimum absolute atomic E-state index is 0.0476. The van der Waals surface area contributed by atoms with Crippen LogP contribution in [-0.4, -0.2) is 51.4 Å². The SMILES string of the molecule is O=C(NCc1ccc2c(=O)n3c(nc2c1)C(=O)c1cc(F)ccc1-3)O[CH2][Pb]. The Labute approximate surface area is 167 Å². The number of nitrogens with one attached hydrogen (secondary N) is 1. The Hall–Kier alpha value is -2.63. The van der Waals surface area contributed by atoms with Gasteiger partial charge in [-0.15, -0.1) is 0 Å². The van der Waals surface area contributed by atoms with Crippen LogP contribution in [0.2, 0.25) is 0 Å². The summed E-state index contributed by atoms with van der Waals surface area (Å²) in [6.45, 7) is 0.204. The van der Waals surface area contributed by atoms with E-state index < -0.39 is 23.3 Å². The molecule has 7 nitrogen and oxygen atoms in total. The Bertz CT molecular complexity index is 1180. The zero-order chi connectivity index (χ0) is 19.1. The second-order valence-electron chi connectivity index (χ2n) is 5.85. The second kappa shape index (κ2) is 6.83. The molecule has 3 aromatic rings. The molecule has 2 aromatic carbocycles. The van der Waals surface area contributed by atoms with Gasteiger partial charge in [0.2, 0.25) is 0 Å². The first-order valence-corrected chi connectivity index (χ1v) is 10.7. The van der Waals surface area contributed by atoms with Gasteiger partial charge in [-0.1, -0.05) is 0 Å². The summed E-state index contributed by atoms with van der Waals surface area (Å²) in [4.78, 5) is 41.2. The van der Waals surface area contributed by atoms with Crippen LogP contribution in [0.5, 0.6) is 0 Å². The number of hydrogen-bond acceptors (Lipinski definition) is 5. The number of amides is 1. The first kappa shape index (κ1) is 17.8. The maximum atomic E-state index is 13.5. The van der Waals surface area contributed by atoms with Gasteiger partial charge in [0.15, 0.2) is 0 Å². The van der Waals surface area contributed by atoms with E-state index in [1.54, 1.807) is 18.2 Å². The van der Waals surface area contributed by atoms with Crippen molar-refractivity contribution in [3.8, 4) is 5.69 Å². The molecule has 3 radical (unpaired) electrons. The van der Waals surface area contributed by atoms with Gasteiger partial charge in [-0.3, -0.25) is 0 Å². The summed E-state index contributed by atoms with van der Waals surface area (Å²) >= 11 is 0.755. The van der Waals surface area contributed by atoms with E-state index >= 15 is 0 Å². The molecule has 4 rings (SSSR count). The molecular weight excluding hydrogens is 548 g/mol. The first-order valence-electron chi connectivity index (χ1n) is 7.95. The Morgan fingerprint density at radius 2 is 2.04 bits per heavy atom. The van der Waals surface area contributed by atoms with E-state index in [-0.39, 0.29) is 17.9 Å². The number of fused-ring (bicyclic) bond motifs is 4. The van der Waals surface area contributed by atoms with E-state index in [9.17, 15) is 18.8 Å². The molecule has 0 unspecified atom stereocenters. The third-order valence-corrected chi connectivity index (χ3v) is 4.78. The van der Waals surface area contributed by atoms with Gasteiger partial charge < -0.3 is 0 Å². The van der Waals surface area contributed by atoms with Crippen molar-refractivity contribution >= 4 is 48.5 Å². The van der Waals surface area contributed by atoms with Crippen LogP contribution in [0.1, 0.15) is 21.7 Å². The van der Waals surface area contributed by atoms with Crippen LogP contribution < -0.4 is 10.9 Å². The summed E-state index contributed by atoms with van der Waals surface area (Å²) in [7, 11) is 0. The Balaban J connectivity index is 1.78.